The third kappa shape index (κ3) is 3.82. The molecule has 1 aliphatic heterocycles. The van der Waals surface area contributed by atoms with Crippen LogP contribution in [0.15, 0.2) is 42.7 Å². The van der Waals surface area contributed by atoms with Gasteiger partial charge in [0.15, 0.2) is 5.78 Å². The van der Waals surface area contributed by atoms with Gasteiger partial charge in [-0.2, -0.15) is 5.10 Å². The number of hydrogen-bond acceptors (Lipinski definition) is 4. The van der Waals surface area contributed by atoms with E-state index in [1.807, 2.05) is 13.8 Å². The molecule has 0 bridgehead atoms. The number of carbonyl (C=O) groups excluding carboxylic acids is 2. The van der Waals surface area contributed by atoms with Gasteiger partial charge >= 0.3 is 0 Å². The summed E-state index contributed by atoms with van der Waals surface area (Å²) >= 11 is 6.45. The molecule has 0 saturated heterocycles. The predicted molar refractivity (Wildman–Crippen MR) is 127 cm³/mol. The second-order valence-electron chi connectivity index (χ2n) is 8.62. The molecular weight excluding hydrogens is 438 g/mol. The SMILES string of the molecule is CC(=O)c1c2n(c3ccc(C)cc13)C[C@H](NC(=O)c1ccc(-n3cnc(C)n3)cc1Cl)CC2. The molecule has 1 aliphatic rings. The first kappa shape index (κ1) is 21.4. The van der Waals surface area contributed by atoms with Crippen LogP contribution in [0, 0.1) is 13.8 Å². The van der Waals surface area contributed by atoms with Crippen LogP contribution in [0.3, 0.4) is 0 Å². The summed E-state index contributed by atoms with van der Waals surface area (Å²) in [7, 11) is 0. The Bertz CT molecular complexity index is 1420. The lowest BCUT2D eigenvalue weighted by molar-refractivity contribution is 0.0926. The minimum Gasteiger partial charge on any atom is -0.347 e. The lowest BCUT2D eigenvalue weighted by Gasteiger charge is -2.27. The first-order valence-electron chi connectivity index (χ1n) is 10.9. The van der Waals surface area contributed by atoms with Gasteiger partial charge in [0.05, 0.1) is 16.3 Å². The number of nitrogens with zero attached hydrogens (tertiary/aromatic N) is 4. The highest BCUT2D eigenvalue weighted by molar-refractivity contribution is 6.34. The number of nitrogens with one attached hydrogen (secondary N) is 1. The molecule has 0 unspecified atom stereocenters. The van der Waals surface area contributed by atoms with Crippen molar-refractivity contribution in [2.24, 2.45) is 0 Å². The van der Waals surface area contributed by atoms with E-state index in [1.165, 1.54) is 0 Å². The van der Waals surface area contributed by atoms with Gasteiger partial charge in [-0.05, 0) is 63.9 Å². The Morgan fingerprint density at radius 2 is 1.97 bits per heavy atom. The van der Waals surface area contributed by atoms with E-state index in [-0.39, 0.29) is 17.7 Å². The lowest BCUT2D eigenvalue weighted by Crippen LogP contribution is -2.41. The molecule has 7 nitrogen and oxygen atoms in total. The zero-order valence-corrected chi connectivity index (χ0v) is 19.5. The van der Waals surface area contributed by atoms with Crippen LogP contribution < -0.4 is 5.32 Å². The summed E-state index contributed by atoms with van der Waals surface area (Å²) in [4.78, 5) is 29.6. The largest absolute Gasteiger partial charge is 0.347 e. The molecule has 0 fully saturated rings. The van der Waals surface area contributed by atoms with Crippen molar-refractivity contribution in [3.63, 3.8) is 0 Å². The number of fused-ring (bicyclic) bond motifs is 3. The van der Waals surface area contributed by atoms with Crippen molar-refractivity contribution in [3.8, 4) is 5.69 Å². The van der Waals surface area contributed by atoms with Crippen molar-refractivity contribution in [2.75, 3.05) is 0 Å². The zero-order valence-electron chi connectivity index (χ0n) is 18.7. The molecule has 0 spiro atoms. The molecule has 1 atom stereocenters. The van der Waals surface area contributed by atoms with Crippen molar-refractivity contribution < 1.29 is 9.59 Å². The van der Waals surface area contributed by atoms with Gasteiger partial charge < -0.3 is 9.88 Å². The van der Waals surface area contributed by atoms with Crippen LogP contribution in [-0.2, 0) is 13.0 Å². The van der Waals surface area contributed by atoms with Gasteiger partial charge in [0, 0.05) is 34.7 Å². The Labute approximate surface area is 196 Å². The topological polar surface area (TPSA) is 81.8 Å². The van der Waals surface area contributed by atoms with E-state index in [9.17, 15) is 9.59 Å². The van der Waals surface area contributed by atoms with Crippen molar-refractivity contribution in [3.05, 3.63) is 76.0 Å². The summed E-state index contributed by atoms with van der Waals surface area (Å²) in [6.07, 6.45) is 3.10. The molecule has 33 heavy (non-hydrogen) atoms. The van der Waals surface area contributed by atoms with Crippen molar-refractivity contribution >= 4 is 34.2 Å². The van der Waals surface area contributed by atoms with Crippen LogP contribution in [0.4, 0.5) is 0 Å². The maximum Gasteiger partial charge on any atom is 0.253 e. The van der Waals surface area contributed by atoms with Gasteiger partial charge in [0.1, 0.15) is 12.2 Å². The highest BCUT2D eigenvalue weighted by Gasteiger charge is 2.28. The number of halogens is 1. The predicted octanol–water partition coefficient (Wildman–Crippen LogP) is 4.44. The van der Waals surface area contributed by atoms with Crippen LogP contribution >= 0.6 is 11.6 Å². The van der Waals surface area contributed by atoms with E-state index in [0.717, 1.165) is 46.3 Å². The molecule has 2 aromatic heterocycles. The number of amides is 1. The number of aromatic nitrogens is 4. The van der Waals surface area contributed by atoms with Crippen LogP contribution in [0.1, 0.15) is 51.1 Å². The van der Waals surface area contributed by atoms with E-state index in [2.05, 4.69) is 38.2 Å². The number of benzene rings is 2. The summed E-state index contributed by atoms with van der Waals surface area (Å²) < 4.78 is 3.80. The van der Waals surface area contributed by atoms with E-state index in [1.54, 1.807) is 36.1 Å². The quantitative estimate of drug-likeness (QED) is 0.455. The Morgan fingerprint density at radius 1 is 1.15 bits per heavy atom. The second kappa shape index (κ2) is 8.15. The zero-order chi connectivity index (χ0) is 23.3. The monoisotopic (exact) mass is 461 g/mol. The number of hydrogen-bond donors (Lipinski definition) is 1. The Hall–Kier alpha value is -3.45. The highest BCUT2D eigenvalue weighted by atomic mass is 35.5. The Balaban J connectivity index is 1.39. The molecule has 168 valence electrons. The van der Waals surface area contributed by atoms with E-state index >= 15 is 0 Å². The van der Waals surface area contributed by atoms with Crippen molar-refractivity contribution in [2.45, 2.75) is 46.2 Å². The van der Waals surface area contributed by atoms with Crippen molar-refractivity contribution in [1.29, 1.82) is 0 Å². The molecule has 2 aromatic carbocycles. The second-order valence-corrected chi connectivity index (χ2v) is 9.03. The van der Waals surface area contributed by atoms with Crippen LogP contribution in [0.5, 0.6) is 0 Å². The summed E-state index contributed by atoms with van der Waals surface area (Å²) in [5.74, 6) is 0.524. The van der Waals surface area contributed by atoms with Gasteiger partial charge in [-0.3, -0.25) is 9.59 Å². The van der Waals surface area contributed by atoms with Gasteiger partial charge in [-0.1, -0.05) is 23.2 Å². The fraction of sp³-hybridized carbons (Fsp3) is 0.280. The molecule has 0 saturated carbocycles. The number of Topliss-reactive ketones (excluding diaryl/α,β-unsaturated/α-hetero) is 1. The number of rotatable bonds is 4. The van der Waals surface area contributed by atoms with Crippen LogP contribution in [0.2, 0.25) is 5.02 Å². The minimum absolute atomic E-state index is 0.0598. The van der Waals surface area contributed by atoms with Gasteiger partial charge in [-0.15, -0.1) is 0 Å². The minimum atomic E-state index is -0.214. The summed E-state index contributed by atoms with van der Waals surface area (Å²) in [5, 5.41) is 8.76. The summed E-state index contributed by atoms with van der Waals surface area (Å²) in [6.45, 7) is 6.08. The molecule has 8 heteroatoms. The van der Waals surface area contributed by atoms with Gasteiger partial charge in [-0.25, -0.2) is 9.67 Å². The number of aryl methyl sites for hydroxylation is 2. The maximum absolute atomic E-state index is 13.0. The first-order valence-corrected chi connectivity index (χ1v) is 11.3. The third-order valence-electron chi connectivity index (χ3n) is 6.21. The van der Waals surface area contributed by atoms with E-state index in [4.69, 9.17) is 11.6 Å². The molecule has 5 rings (SSSR count). The first-order chi connectivity index (χ1) is 15.8. The molecular formula is C25H24ClN5O2. The molecule has 0 aliphatic carbocycles. The average Bonchev–Trinajstić information content (AvgIpc) is 3.34. The highest BCUT2D eigenvalue weighted by Crippen LogP contribution is 2.32. The van der Waals surface area contributed by atoms with E-state index in [0.29, 0.717) is 23.0 Å². The Kier molecular flexibility index (Phi) is 5.29. The summed E-state index contributed by atoms with van der Waals surface area (Å²) in [5.41, 5.74) is 5.17. The number of ketones is 1. The lowest BCUT2D eigenvalue weighted by atomic mass is 9.99. The summed E-state index contributed by atoms with van der Waals surface area (Å²) in [6, 6.07) is 11.4. The molecule has 3 heterocycles. The fourth-order valence-electron chi connectivity index (χ4n) is 4.69. The molecule has 0 radical (unpaired) electrons. The van der Waals surface area contributed by atoms with Crippen molar-refractivity contribution in [1.82, 2.24) is 24.6 Å². The third-order valence-corrected chi connectivity index (χ3v) is 6.53. The fourth-order valence-corrected chi connectivity index (χ4v) is 4.95. The number of carbonyl (C=O) groups is 2. The Morgan fingerprint density at radius 3 is 2.67 bits per heavy atom. The average molecular weight is 462 g/mol. The van der Waals surface area contributed by atoms with E-state index < -0.39 is 0 Å². The van der Waals surface area contributed by atoms with Crippen LogP contribution in [-0.4, -0.2) is 37.1 Å². The van der Waals surface area contributed by atoms with Gasteiger partial charge in [0.2, 0.25) is 0 Å². The molecule has 4 aromatic rings. The standard InChI is InChI=1S/C25H24ClN5O2/c1-14-4-8-22-20(10-14)24(15(2)32)23-9-5-17(12-30(22)23)28-25(33)19-7-6-18(11-21(19)26)31-13-27-16(3)29-31/h4,6-8,10-11,13,17H,5,9,12H2,1-3H3,(H,28,33)/t17-/m1/s1. The normalized spacial score (nSPS) is 15.5. The van der Waals surface area contributed by atoms with Crippen LogP contribution in [0.25, 0.3) is 16.6 Å². The maximum atomic E-state index is 13.0. The molecule has 1 N–H and O–H groups in total. The van der Waals surface area contributed by atoms with Gasteiger partial charge in [0.25, 0.3) is 5.91 Å². The molecule has 1 amide bonds. The smallest absolute Gasteiger partial charge is 0.253 e.